The van der Waals surface area contributed by atoms with E-state index in [0.717, 1.165) is 33.1 Å². The van der Waals surface area contributed by atoms with Gasteiger partial charge >= 0.3 is 0 Å². The van der Waals surface area contributed by atoms with Crippen molar-refractivity contribution >= 4 is 76.3 Å². The Morgan fingerprint density at radius 1 is 0.362 bits per heavy atom. The van der Waals surface area contributed by atoms with Gasteiger partial charge in [-0.2, -0.15) is 0 Å². The second-order valence-electron chi connectivity index (χ2n) is 16.6. The maximum absolute atomic E-state index is 6.41. The van der Waals surface area contributed by atoms with Crippen LogP contribution < -0.4 is 0 Å². The summed E-state index contributed by atoms with van der Waals surface area (Å²) in [6.45, 7) is 4.74. The summed E-state index contributed by atoms with van der Waals surface area (Å²) < 4.78 is 11.3. The number of aromatic nitrogens is 2. The van der Waals surface area contributed by atoms with E-state index < -0.39 is 0 Å². The molecule has 3 heteroatoms. The zero-order valence-electron chi connectivity index (χ0n) is 32.1. The van der Waals surface area contributed by atoms with Gasteiger partial charge in [0.25, 0.3) is 0 Å². The molecule has 1 aliphatic rings. The van der Waals surface area contributed by atoms with Crippen LogP contribution in [0.25, 0.3) is 110 Å². The second kappa shape index (κ2) is 11.4. The Morgan fingerprint density at radius 2 is 1.00 bits per heavy atom. The molecule has 12 aromatic rings. The number of nitrogens with zero attached hydrogens (tertiary/aromatic N) is 2. The number of benzene rings is 9. The van der Waals surface area contributed by atoms with Crippen molar-refractivity contribution in [2.75, 3.05) is 0 Å². The summed E-state index contributed by atoms with van der Waals surface area (Å²) in [4.78, 5) is 0. The Hall–Kier alpha value is -7.36. The molecule has 0 aliphatic heterocycles. The number of rotatable bonds is 3. The molecule has 0 atom stereocenters. The molecule has 3 nitrogen and oxygen atoms in total. The number of hydrogen-bond donors (Lipinski definition) is 0. The van der Waals surface area contributed by atoms with E-state index in [4.69, 9.17) is 4.42 Å². The Kier molecular flexibility index (Phi) is 6.23. The molecule has 0 saturated heterocycles. The van der Waals surface area contributed by atoms with Crippen LogP contribution in [0.3, 0.4) is 0 Å². The lowest BCUT2D eigenvalue weighted by molar-refractivity contribution is 0.661. The Bertz CT molecular complexity index is 3710. The van der Waals surface area contributed by atoms with Gasteiger partial charge in [-0.1, -0.05) is 117 Å². The largest absolute Gasteiger partial charge is 0.456 e. The minimum absolute atomic E-state index is 0.0986. The molecule has 0 fully saturated rings. The van der Waals surface area contributed by atoms with Gasteiger partial charge < -0.3 is 13.6 Å². The van der Waals surface area contributed by atoms with Crippen molar-refractivity contribution in [3.05, 3.63) is 193 Å². The number of hydrogen-bond acceptors (Lipinski definition) is 1. The van der Waals surface area contributed by atoms with Gasteiger partial charge in [-0.15, -0.1) is 0 Å². The molecule has 0 N–H and O–H groups in total. The average molecular weight is 741 g/mol. The van der Waals surface area contributed by atoms with Crippen molar-refractivity contribution in [3.63, 3.8) is 0 Å². The van der Waals surface area contributed by atoms with E-state index in [2.05, 4.69) is 199 Å². The molecule has 272 valence electrons. The van der Waals surface area contributed by atoms with Gasteiger partial charge in [0.1, 0.15) is 11.2 Å². The fourth-order valence-corrected chi connectivity index (χ4v) is 10.3. The standard InChI is InChI=1S/C55H36N2O/c1-55(2)47-18-10-8-16-39(47)41-29-44-42-27-36(22-25-50(42)57(51(44)31-48(41)55)38-23-20-33-12-6-7-13-34(33)26-38)35-21-24-49-43(28-35)45-30-46-40-17-9-11-19-53(40)58-54(46)32-52(45)56(49)37-14-4-3-5-15-37/h3-32H,1-2H3. The molecule has 3 aromatic heterocycles. The van der Waals surface area contributed by atoms with Crippen molar-refractivity contribution in [1.29, 1.82) is 0 Å². The van der Waals surface area contributed by atoms with Crippen LogP contribution in [-0.2, 0) is 5.41 Å². The van der Waals surface area contributed by atoms with Gasteiger partial charge in [0.2, 0.25) is 0 Å². The lowest BCUT2D eigenvalue weighted by atomic mass is 9.82. The molecule has 0 amide bonds. The third-order valence-electron chi connectivity index (χ3n) is 13.1. The van der Waals surface area contributed by atoms with E-state index in [-0.39, 0.29) is 5.41 Å². The minimum atomic E-state index is -0.0986. The van der Waals surface area contributed by atoms with E-state index in [1.807, 2.05) is 6.07 Å². The fourth-order valence-electron chi connectivity index (χ4n) is 10.3. The van der Waals surface area contributed by atoms with E-state index >= 15 is 0 Å². The minimum Gasteiger partial charge on any atom is -0.456 e. The van der Waals surface area contributed by atoms with Crippen LogP contribution in [-0.4, -0.2) is 9.13 Å². The lowest BCUT2D eigenvalue weighted by Crippen LogP contribution is -2.14. The van der Waals surface area contributed by atoms with Gasteiger partial charge in [0.15, 0.2) is 0 Å². The van der Waals surface area contributed by atoms with Crippen LogP contribution in [0, 0.1) is 0 Å². The van der Waals surface area contributed by atoms with Gasteiger partial charge in [-0.3, -0.25) is 0 Å². The number of fused-ring (bicyclic) bond motifs is 13. The molecular formula is C55H36N2O. The van der Waals surface area contributed by atoms with Gasteiger partial charge in [-0.05, 0) is 117 Å². The molecule has 0 saturated carbocycles. The van der Waals surface area contributed by atoms with Crippen molar-refractivity contribution in [2.45, 2.75) is 19.3 Å². The lowest BCUT2D eigenvalue weighted by Gasteiger charge is -2.21. The Balaban J connectivity index is 1.07. The summed E-state index contributed by atoms with van der Waals surface area (Å²) in [7, 11) is 0. The zero-order chi connectivity index (χ0) is 38.3. The third-order valence-corrected chi connectivity index (χ3v) is 13.1. The fraction of sp³-hybridized carbons (Fsp3) is 0.0545. The van der Waals surface area contributed by atoms with E-state index in [1.165, 1.54) is 87.9 Å². The second-order valence-corrected chi connectivity index (χ2v) is 16.6. The maximum Gasteiger partial charge on any atom is 0.137 e. The summed E-state index contributed by atoms with van der Waals surface area (Å²) in [5.74, 6) is 0. The highest BCUT2D eigenvalue weighted by molar-refractivity contribution is 6.18. The van der Waals surface area contributed by atoms with Crippen LogP contribution in [0.15, 0.2) is 186 Å². The summed E-state index contributed by atoms with van der Waals surface area (Å²) in [6.07, 6.45) is 0. The predicted octanol–water partition coefficient (Wildman–Crippen LogP) is 14.9. The van der Waals surface area contributed by atoms with Crippen molar-refractivity contribution in [2.24, 2.45) is 0 Å². The molecule has 0 radical (unpaired) electrons. The SMILES string of the molecule is CC1(C)c2ccccc2-c2cc3c4cc(-c5ccc6c(c5)c5cc7c(cc5n6-c5ccccc5)oc5ccccc57)ccc4n(-c4ccc5ccccc5c4)c3cc21. The maximum atomic E-state index is 6.41. The molecule has 3 heterocycles. The van der Waals surface area contributed by atoms with Crippen LogP contribution >= 0.6 is 0 Å². The van der Waals surface area contributed by atoms with Crippen molar-refractivity contribution in [1.82, 2.24) is 9.13 Å². The van der Waals surface area contributed by atoms with Gasteiger partial charge in [0.05, 0.1) is 22.1 Å². The third kappa shape index (κ3) is 4.28. The summed E-state index contributed by atoms with van der Waals surface area (Å²) in [5.41, 5.74) is 16.6. The topological polar surface area (TPSA) is 23.0 Å². The highest BCUT2D eigenvalue weighted by Gasteiger charge is 2.36. The Morgan fingerprint density at radius 3 is 1.81 bits per heavy atom. The first-order chi connectivity index (χ1) is 28.5. The molecule has 0 unspecified atom stereocenters. The van der Waals surface area contributed by atoms with E-state index in [9.17, 15) is 0 Å². The molecule has 0 spiro atoms. The number of para-hydroxylation sites is 2. The first-order valence-electron chi connectivity index (χ1n) is 20.2. The first-order valence-corrected chi connectivity index (χ1v) is 20.2. The van der Waals surface area contributed by atoms with Crippen molar-refractivity contribution < 1.29 is 4.42 Å². The zero-order valence-corrected chi connectivity index (χ0v) is 32.1. The normalized spacial score (nSPS) is 13.5. The summed E-state index contributed by atoms with van der Waals surface area (Å²) in [6, 6.07) is 67.1. The quantitative estimate of drug-likeness (QED) is 0.177. The van der Waals surface area contributed by atoms with Crippen LogP contribution in [0.5, 0.6) is 0 Å². The van der Waals surface area contributed by atoms with Crippen LogP contribution in [0.4, 0.5) is 0 Å². The predicted molar refractivity (Wildman–Crippen MR) is 243 cm³/mol. The van der Waals surface area contributed by atoms with Crippen molar-refractivity contribution in [3.8, 4) is 33.6 Å². The van der Waals surface area contributed by atoms with Gasteiger partial charge in [-0.25, -0.2) is 0 Å². The van der Waals surface area contributed by atoms with Crippen LogP contribution in [0.2, 0.25) is 0 Å². The van der Waals surface area contributed by atoms with E-state index in [1.54, 1.807) is 0 Å². The highest BCUT2D eigenvalue weighted by Crippen LogP contribution is 2.51. The first kappa shape index (κ1) is 31.8. The molecule has 58 heavy (non-hydrogen) atoms. The summed E-state index contributed by atoms with van der Waals surface area (Å²) in [5, 5.41) is 9.73. The van der Waals surface area contributed by atoms with Crippen LogP contribution in [0.1, 0.15) is 25.0 Å². The molecule has 9 aromatic carbocycles. The average Bonchev–Trinajstić information content (AvgIpc) is 3.96. The molecular weight excluding hydrogens is 705 g/mol. The van der Waals surface area contributed by atoms with Gasteiger partial charge in [0, 0.05) is 55.2 Å². The monoisotopic (exact) mass is 740 g/mol. The number of furan rings is 1. The van der Waals surface area contributed by atoms with E-state index in [0.29, 0.717) is 0 Å². The highest BCUT2D eigenvalue weighted by atomic mass is 16.3. The molecule has 13 rings (SSSR count). The summed E-state index contributed by atoms with van der Waals surface area (Å²) >= 11 is 0. The molecule has 1 aliphatic carbocycles. The smallest absolute Gasteiger partial charge is 0.137 e. The Labute approximate surface area is 334 Å². The molecule has 0 bridgehead atoms.